The second kappa shape index (κ2) is 5.32. The summed E-state index contributed by atoms with van der Waals surface area (Å²) in [6, 6.07) is 21.4. The van der Waals surface area contributed by atoms with Crippen molar-refractivity contribution in [1.82, 2.24) is 0 Å². The van der Waals surface area contributed by atoms with Crippen molar-refractivity contribution in [3.8, 4) is 11.1 Å². The zero-order valence-corrected chi connectivity index (χ0v) is 16.4. The van der Waals surface area contributed by atoms with Crippen LogP contribution in [0.15, 0.2) is 78.0 Å². The Morgan fingerprint density at radius 3 is 2.00 bits per heavy atom. The third-order valence-electron chi connectivity index (χ3n) is 6.87. The summed E-state index contributed by atoms with van der Waals surface area (Å²) in [7, 11) is 0. The first kappa shape index (κ1) is 16.5. The molecule has 0 amide bonds. The summed E-state index contributed by atoms with van der Waals surface area (Å²) in [6.07, 6.45) is 3.12. The largest absolute Gasteiger partial charge is 0.402 e. The van der Waals surface area contributed by atoms with Gasteiger partial charge in [-0.15, -0.1) is 0 Å². The van der Waals surface area contributed by atoms with Gasteiger partial charge in [-0.05, 0) is 87.2 Å². The Balaban J connectivity index is 1.83. The van der Waals surface area contributed by atoms with E-state index in [1.165, 1.54) is 44.5 Å². The molecule has 3 heteroatoms. The van der Waals surface area contributed by atoms with Crippen LogP contribution in [0.25, 0.3) is 16.7 Å². The highest BCUT2D eigenvalue weighted by Crippen LogP contribution is 2.64. The lowest BCUT2D eigenvalue weighted by molar-refractivity contribution is 0.700. The van der Waals surface area contributed by atoms with Gasteiger partial charge in [-0.25, -0.2) is 0 Å². The first-order valence-corrected chi connectivity index (χ1v) is 10.1. The molecule has 142 valence electrons. The number of anilines is 2. The van der Waals surface area contributed by atoms with E-state index >= 15 is 0 Å². The van der Waals surface area contributed by atoms with Crippen LogP contribution in [0.2, 0.25) is 0 Å². The minimum absolute atomic E-state index is 0.364. The van der Waals surface area contributed by atoms with Gasteiger partial charge >= 0.3 is 0 Å². The number of nitrogen functional groups attached to an aromatic ring is 2. The molecule has 1 atom stereocenters. The predicted octanol–water partition coefficient (Wildman–Crippen LogP) is 4.82. The van der Waals surface area contributed by atoms with Gasteiger partial charge in [0.1, 0.15) is 0 Å². The van der Waals surface area contributed by atoms with Crippen LogP contribution < -0.4 is 17.2 Å². The molecule has 0 heterocycles. The zero-order chi connectivity index (χ0) is 19.9. The molecule has 6 rings (SSSR count). The molecule has 3 aliphatic carbocycles. The van der Waals surface area contributed by atoms with Crippen molar-refractivity contribution in [3.05, 3.63) is 100 Å². The van der Waals surface area contributed by atoms with E-state index in [9.17, 15) is 0 Å². The number of nitrogens with two attached hydrogens (primary N) is 3. The van der Waals surface area contributed by atoms with Gasteiger partial charge in [-0.3, -0.25) is 0 Å². The molecule has 0 aliphatic heterocycles. The quantitative estimate of drug-likeness (QED) is 0.492. The van der Waals surface area contributed by atoms with Gasteiger partial charge in [-0.2, -0.15) is 0 Å². The van der Waals surface area contributed by atoms with E-state index in [-0.39, 0.29) is 5.41 Å². The molecule has 1 unspecified atom stereocenters. The summed E-state index contributed by atoms with van der Waals surface area (Å²) < 4.78 is 0. The monoisotopic (exact) mass is 377 g/mol. The van der Waals surface area contributed by atoms with Crippen LogP contribution in [0.1, 0.15) is 35.6 Å². The van der Waals surface area contributed by atoms with Crippen molar-refractivity contribution in [3.63, 3.8) is 0 Å². The van der Waals surface area contributed by atoms with Crippen LogP contribution in [-0.4, -0.2) is 0 Å². The lowest BCUT2D eigenvalue weighted by atomic mass is 9.68. The Bertz CT molecular complexity index is 1230. The standard InChI is InChI=1S/C26H23N3/c1-14-10-17(29)13-24-25(14)18-4-2-3-5-21(18)26(24)22-8-6-15(27)11-19(22)20-12-16(28)7-9-23(20)26/h2-9,11-14H,10,27-29H2,1H3. The highest BCUT2D eigenvalue weighted by molar-refractivity contribution is 5.97. The van der Waals surface area contributed by atoms with Crippen LogP contribution in [0.3, 0.4) is 0 Å². The number of hydrogen-bond donors (Lipinski definition) is 3. The highest BCUT2D eigenvalue weighted by atomic mass is 14.6. The summed E-state index contributed by atoms with van der Waals surface area (Å²) in [6.45, 7) is 2.29. The van der Waals surface area contributed by atoms with Crippen LogP contribution >= 0.6 is 0 Å². The minimum Gasteiger partial charge on any atom is -0.402 e. The molecule has 6 N–H and O–H groups in total. The number of rotatable bonds is 0. The number of benzene rings is 3. The van der Waals surface area contributed by atoms with Gasteiger partial charge in [-0.1, -0.05) is 43.3 Å². The van der Waals surface area contributed by atoms with Crippen LogP contribution in [0.5, 0.6) is 0 Å². The molecular formula is C26H23N3. The summed E-state index contributed by atoms with van der Waals surface area (Å²) in [5.41, 5.74) is 31.2. The van der Waals surface area contributed by atoms with E-state index in [0.29, 0.717) is 5.92 Å². The van der Waals surface area contributed by atoms with Gasteiger partial charge in [0.05, 0.1) is 5.41 Å². The molecule has 0 fully saturated rings. The van der Waals surface area contributed by atoms with E-state index in [4.69, 9.17) is 17.2 Å². The van der Waals surface area contributed by atoms with Crippen LogP contribution in [0.4, 0.5) is 11.4 Å². The van der Waals surface area contributed by atoms with Crippen molar-refractivity contribution in [1.29, 1.82) is 0 Å². The van der Waals surface area contributed by atoms with Crippen molar-refractivity contribution in [2.24, 2.45) is 11.7 Å². The van der Waals surface area contributed by atoms with Gasteiger partial charge in [0.25, 0.3) is 0 Å². The maximum Gasteiger partial charge on any atom is 0.0723 e. The van der Waals surface area contributed by atoms with E-state index in [0.717, 1.165) is 23.5 Å². The Hall–Kier alpha value is -3.46. The first-order valence-electron chi connectivity index (χ1n) is 10.1. The molecule has 3 aromatic rings. The molecule has 0 saturated carbocycles. The average Bonchev–Trinajstić information content (AvgIpc) is 3.14. The lowest BCUT2D eigenvalue weighted by Gasteiger charge is -2.33. The van der Waals surface area contributed by atoms with E-state index < -0.39 is 0 Å². The van der Waals surface area contributed by atoms with E-state index in [2.05, 4.69) is 61.5 Å². The van der Waals surface area contributed by atoms with Gasteiger partial charge in [0, 0.05) is 17.1 Å². The number of fused-ring (bicyclic) bond motifs is 9. The fourth-order valence-corrected chi connectivity index (χ4v) is 5.90. The molecule has 3 nitrogen and oxygen atoms in total. The minimum atomic E-state index is -0.364. The summed E-state index contributed by atoms with van der Waals surface area (Å²) in [5, 5.41) is 0. The highest BCUT2D eigenvalue weighted by Gasteiger charge is 2.53. The predicted molar refractivity (Wildman–Crippen MR) is 120 cm³/mol. The Kier molecular flexibility index (Phi) is 3.03. The lowest BCUT2D eigenvalue weighted by Crippen LogP contribution is -2.28. The van der Waals surface area contributed by atoms with Crippen LogP contribution in [0, 0.1) is 5.92 Å². The molecular weight excluding hydrogens is 354 g/mol. The van der Waals surface area contributed by atoms with Gasteiger partial charge in [0.2, 0.25) is 0 Å². The average molecular weight is 377 g/mol. The van der Waals surface area contributed by atoms with E-state index in [1.54, 1.807) is 0 Å². The Morgan fingerprint density at radius 1 is 0.759 bits per heavy atom. The summed E-state index contributed by atoms with van der Waals surface area (Å²) in [5.74, 6) is 0.380. The molecule has 0 bridgehead atoms. The summed E-state index contributed by atoms with van der Waals surface area (Å²) in [4.78, 5) is 0. The maximum atomic E-state index is 6.44. The molecule has 3 aliphatic rings. The zero-order valence-electron chi connectivity index (χ0n) is 16.4. The fourth-order valence-electron chi connectivity index (χ4n) is 5.90. The van der Waals surface area contributed by atoms with Gasteiger partial charge < -0.3 is 17.2 Å². The van der Waals surface area contributed by atoms with Crippen molar-refractivity contribution in [2.75, 3.05) is 11.5 Å². The molecule has 0 radical (unpaired) electrons. The second-order valence-electron chi connectivity index (χ2n) is 8.56. The second-order valence-corrected chi connectivity index (χ2v) is 8.56. The molecule has 3 aromatic carbocycles. The van der Waals surface area contributed by atoms with Crippen molar-refractivity contribution < 1.29 is 0 Å². The Labute approximate surface area is 170 Å². The normalized spacial score (nSPS) is 20.2. The summed E-state index contributed by atoms with van der Waals surface area (Å²) >= 11 is 0. The molecule has 1 spiro atoms. The third kappa shape index (κ3) is 1.88. The third-order valence-corrected chi connectivity index (χ3v) is 6.87. The molecule has 0 aromatic heterocycles. The number of allylic oxidation sites excluding steroid dienone is 4. The Morgan fingerprint density at radius 2 is 1.34 bits per heavy atom. The van der Waals surface area contributed by atoms with Gasteiger partial charge in [0.15, 0.2) is 0 Å². The van der Waals surface area contributed by atoms with Crippen LogP contribution in [-0.2, 0) is 5.41 Å². The number of hydrogen-bond acceptors (Lipinski definition) is 3. The topological polar surface area (TPSA) is 78.1 Å². The smallest absolute Gasteiger partial charge is 0.0723 e. The van der Waals surface area contributed by atoms with Crippen molar-refractivity contribution in [2.45, 2.75) is 18.8 Å². The van der Waals surface area contributed by atoms with E-state index in [1.807, 2.05) is 12.1 Å². The SMILES string of the molecule is CC1CC(N)=CC2=C1c1ccccc1C21c2ccc(N)cc2-c2cc(N)ccc21. The molecule has 0 saturated heterocycles. The molecule has 29 heavy (non-hydrogen) atoms. The fraction of sp³-hybridized carbons (Fsp3) is 0.154. The van der Waals surface area contributed by atoms with Crippen molar-refractivity contribution >= 4 is 16.9 Å². The first-order chi connectivity index (χ1) is 14.0. The maximum absolute atomic E-state index is 6.44.